The molecular weight excluding hydrogens is 228 g/mol. The average Bonchev–Trinajstić information content (AvgIpc) is 2.87. The molecule has 6 nitrogen and oxygen atoms in total. The molecule has 6 heteroatoms. The van der Waals surface area contributed by atoms with Crippen molar-refractivity contribution in [2.24, 2.45) is 10.3 Å². The van der Waals surface area contributed by atoms with E-state index in [9.17, 15) is 0 Å². The summed E-state index contributed by atoms with van der Waals surface area (Å²) in [5.41, 5.74) is 2.35. The van der Waals surface area contributed by atoms with Crippen molar-refractivity contribution < 1.29 is 0 Å². The van der Waals surface area contributed by atoms with Gasteiger partial charge in [-0.1, -0.05) is 5.22 Å². The number of likely N-dealkylation sites (N-methyl/N-ethyl adjacent to an activating group) is 1. The number of aromatic nitrogens is 1. The molecule has 1 aromatic rings. The van der Waals surface area contributed by atoms with Gasteiger partial charge in [-0.05, 0) is 6.07 Å². The molecule has 3 heterocycles. The predicted molar refractivity (Wildman–Crippen MR) is 69.5 cm³/mol. The molecule has 1 atom stereocenters. The van der Waals surface area contributed by atoms with Gasteiger partial charge >= 0.3 is 0 Å². The van der Waals surface area contributed by atoms with Crippen molar-refractivity contribution in [3.05, 3.63) is 24.0 Å². The second kappa shape index (κ2) is 4.89. The first-order valence-electron chi connectivity index (χ1n) is 6.35. The summed E-state index contributed by atoms with van der Waals surface area (Å²) in [6.07, 6.45) is 3.83. The largest absolute Gasteiger partial charge is 0.368 e. The monoisotopic (exact) mass is 246 g/mol. The third kappa shape index (κ3) is 2.28. The summed E-state index contributed by atoms with van der Waals surface area (Å²) < 4.78 is 0. The van der Waals surface area contributed by atoms with E-state index in [0.29, 0.717) is 0 Å². The second-order valence-electron chi connectivity index (χ2n) is 4.77. The third-order valence-corrected chi connectivity index (χ3v) is 3.39. The lowest BCUT2D eigenvalue weighted by atomic mass is 10.1. The standard InChI is InChI=1S/C12H18N6/c1-17-9-12(15-16-17)10-6-11(8-14-7-10)18-4-2-13-3-5-18/h6-8,12-13H,2-5,9H2,1H3. The molecule has 0 aromatic carbocycles. The molecule has 0 bridgehead atoms. The zero-order chi connectivity index (χ0) is 12.4. The van der Waals surface area contributed by atoms with Crippen LogP contribution < -0.4 is 10.2 Å². The van der Waals surface area contributed by atoms with E-state index in [1.807, 2.05) is 24.5 Å². The number of nitrogens with one attached hydrogen (secondary N) is 1. The van der Waals surface area contributed by atoms with Crippen LogP contribution in [0, 0.1) is 0 Å². The molecule has 1 saturated heterocycles. The first-order valence-corrected chi connectivity index (χ1v) is 6.35. The number of nitrogens with zero attached hydrogens (tertiary/aromatic N) is 5. The fraction of sp³-hybridized carbons (Fsp3) is 0.583. The van der Waals surface area contributed by atoms with Crippen LogP contribution in [-0.4, -0.2) is 49.8 Å². The molecule has 0 spiro atoms. The SMILES string of the molecule is CN1CC(c2cncc(N3CCNCC3)c2)N=N1. The fourth-order valence-corrected chi connectivity index (χ4v) is 2.37. The predicted octanol–water partition coefficient (Wildman–Crippen LogP) is 0.845. The van der Waals surface area contributed by atoms with Crippen LogP contribution >= 0.6 is 0 Å². The van der Waals surface area contributed by atoms with Gasteiger partial charge in [-0.2, -0.15) is 5.11 Å². The van der Waals surface area contributed by atoms with E-state index >= 15 is 0 Å². The maximum atomic E-state index is 4.35. The highest BCUT2D eigenvalue weighted by molar-refractivity contribution is 5.47. The number of anilines is 1. The molecular formula is C12H18N6. The average molecular weight is 246 g/mol. The van der Waals surface area contributed by atoms with Crippen LogP contribution in [-0.2, 0) is 0 Å². The highest BCUT2D eigenvalue weighted by atomic mass is 15.6. The van der Waals surface area contributed by atoms with Gasteiger partial charge in [-0.15, -0.1) is 0 Å². The van der Waals surface area contributed by atoms with Crippen LogP contribution in [0.15, 0.2) is 28.8 Å². The molecule has 18 heavy (non-hydrogen) atoms. The van der Waals surface area contributed by atoms with Crippen LogP contribution in [0.1, 0.15) is 11.6 Å². The van der Waals surface area contributed by atoms with Crippen LogP contribution in [0.3, 0.4) is 0 Å². The van der Waals surface area contributed by atoms with Crippen molar-refractivity contribution in [2.75, 3.05) is 44.7 Å². The summed E-state index contributed by atoms with van der Waals surface area (Å²) in [4.78, 5) is 6.71. The number of rotatable bonds is 2. The Morgan fingerprint density at radius 2 is 2.11 bits per heavy atom. The molecule has 1 N–H and O–H groups in total. The molecule has 2 aliphatic rings. The number of hydrogen-bond acceptors (Lipinski definition) is 6. The first-order chi connectivity index (χ1) is 8.83. The molecule has 1 aromatic heterocycles. The molecule has 3 rings (SSSR count). The Morgan fingerprint density at radius 3 is 2.83 bits per heavy atom. The van der Waals surface area contributed by atoms with Gasteiger partial charge in [0.25, 0.3) is 0 Å². The molecule has 0 radical (unpaired) electrons. The first kappa shape index (κ1) is 11.4. The highest BCUT2D eigenvalue weighted by Crippen LogP contribution is 2.26. The van der Waals surface area contributed by atoms with Crippen molar-refractivity contribution in [1.82, 2.24) is 15.3 Å². The van der Waals surface area contributed by atoms with Gasteiger partial charge in [0.1, 0.15) is 6.04 Å². The van der Waals surface area contributed by atoms with Crippen molar-refractivity contribution in [1.29, 1.82) is 0 Å². The van der Waals surface area contributed by atoms with Crippen molar-refractivity contribution in [2.45, 2.75) is 6.04 Å². The Hall–Kier alpha value is -1.69. The quantitative estimate of drug-likeness (QED) is 0.840. The van der Waals surface area contributed by atoms with E-state index in [0.717, 1.165) is 38.3 Å². The Kier molecular flexibility index (Phi) is 3.10. The molecule has 0 aliphatic carbocycles. The fourth-order valence-electron chi connectivity index (χ4n) is 2.37. The van der Waals surface area contributed by atoms with Crippen LogP contribution in [0.2, 0.25) is 0 Å². The normalized spacial score (nSPS) is 23.7. The topological polar surface area (TPSA) is 56.1 Å². The Balaban J connectivity index is 1.78. The van der Waals surface area contributed by atoms with E-state index in [1.54, 1.807) is 0 Å². The van der Waals surface area contributed by atoms with Crippen molar-refractivity contribution in [3.63, 3.8) is 0 Å². The van der Waals surface area contributed by atoms with Crippen molar-refractivity contribution >= 4 is 5.69 Å². The van der Waals surface area contributed by atoms with Gasteiger partial charge in [-0.25, -0.2) is 0 Å². The lowest BCUT2D eigenvalue weighted by Gasteiger charge is -2.29. The zero-order valence-corrected chi connectivity index (χ0v) is 10.6. The summed E-state index contributed by atoms with van der Waals surface area (Å²) in [5, 5.41) is 13.5. The summed E-state index contributed by atoms with van der Waals surface area (Å²) in [7, 11) is 1.94. The van der Waals surface area contributed by atoms with Gasteiger partial charge in [0.2, 0.25) is 0 Å². The lowest BCUT2D eigenvalue weighted by molar-refractivity contribution is 0.380. The molecule has 1 unspecified atom stereocenters. The Morgan fingerprint density at radius 1 is 1.28 bits per heavy atom. The zero-order valence-electron chi connectivity index (χ0n) is 10.6. The Bertz CT molecular complexity index is 440. The van der Waals surface area contributed by atoms with E-state index in [1.165, 1.54) is 5.69 Å². The minimum Gasteiger partial charge on any atom is -0.368 e. The van der Waals surface area contributed by atoms with Gasteiger partial charge in [0, 0.05) is 45.0 Å². The second-order valence-corrected chi connectivity index (χ2v) is 4.77. The summed E-state index contributed by atoms with van der Waals surface area (Å²) in [6.45, 7) is 4.99. The van der Waals surface area contributed by atoms with E-state index in [-0.39, 0.29) is 6.04 Å². The number of hydrogen-bond donors (Lipinski definition) is 1. The molecule has 0 saturated carbocycles. The van der Waals surface area contributed by atoms with Crippen LogP contribution in [0.4, 0.5) is 5.69 Å². The molecule has 1 fully saturated rings. The minimum absolute atomic E-state index is 0.130. The minimum atomic E-state index is 0.130. The van der Waals surface area contributed by atoms with E-state index in [2.05, 4.69) is 31.6 Å². The summed E-state index contributed by atoms with van der Waals surface area (Å²) >= 11 is 0. The lowest BCUT2D eigenvalue weighted by Crippen LogP contribution is -2.43. The smallest absolute Gasteiger partial charge is 0.119 e. The van der Waals surface area contributed by atoms with Gasteiger partial charge in [0.15, 0.2) is 0 Å². The van der Waals surface area contributed by atoms with Gasteiger partial charge in [0.05, 0.1) is 18.4 Å². The molecule has 96 valence electrons. The summed E-state index contributed by atoms with van der Waals surface area (Å²) in [6, 6.07) is 2.33. The molecule has 2 aliphatic heterocycles. The Labute approximate surface area is 107 Å². The molecule has 0 amide bonds. The summed E-state index contributed by atoms with van der Waals surface area (Å²) in [5.74, 6) is 0. The third-order valence-electron chi connectivity index (χ3n) is 3.39. The maximum absolute atomic E-state index is 4.35. The van der Waals surface area contributed by atoms with Crippen LogP contribution in [0.25, 0.3) is 0 Å². The van der Waals surface area contributed by atoms with E-state index in [4.69, 9.17) is 0 Å². The van der Waals surface area contributed by atoms with Gasteiger partial charge < -0.3 is 10.2 Å². The van der Waals surface area contributed by atoms with Crippen LogP contribution in [0.5, 0.6) is 0 Å². The van der Waals surface area contributed by atoms with E-state index < -0.39 is 0 Å². The van der Waals surface area contributed by atoms with Crippen molar-refractivity contribution in [3.8, 4) is 0 Å². The number of piperazine rings is 1. The highest BCUT2D eigenvalue weighted by Gasteiger charge is 2.20. The number of pyridine rings is 1. The van der Waals surface area contributed by atoms with Gasteiger partial charge in [-0.3, -0.25) is 9.99 Å². The maximum Gasteiger partial charge on any atom is 0.119 e.